The van der Waals surface area contributed by atoms with Crippen molar-refractivity contribution in [3.8, 4) is 5.75 Å². The van der Waals surface area contributed by atoms with Crippen LogP contribution in [-0.2, 0) is 6.42 Å². The summed E-state index contributed by atoms with van der Waals surface area (Å²) in [5.41, 5.74) is 6.55. The third-order valence-electron chi connectivity index (χ3n) is 2.84. The Hall–Kier alpha value is -1.88. The van der Waals surface area contributed by atoms with E-state index in [1.54, 1.807) is 0 Å². The maximum absolute atomic E-state index is 5.58. The first kappa shape index (κ1) is 10.3. The first-order valence-electron chi connectivity index (χ1n) is 5.62. The second-order valence-corrected chi connectivity index (χ2v) is 3.97. The van der Waals surface area contributed by atoms with Crippen molar-refractivity contribution in [2.24, 2.45) is 5.73 Å². The zero-order valence-electron chi connectivity index (χ0n) is 9.30. The van der Waals surface area contributed by atoms with E-state index in [1.165, 1.54) is 0 Å². The smallest absolute Gasteiger partial charge is 0.227 e. The molecule has 0 amide bonds. The number of hydrogen-bond acceptors (Lipinski definition) is 5. The SMILES string of the molecule is NCCc1nnc(C2COc3ccccc32)o1. The molecule has 5 nitrogen and oxygen atoms in total. The number of benzene rings is 1. The largest absolute Gasteiger partial charge is 0.492 e. The van der Waals surface area contributed by atoms with Crippen LogP contribution >= 0.6 is 0 Å². The number of aromatic nitrogens is 2. The summed E-state index contributed by atoms with van der Waals surface area (Å²) in [7, 11) is 0. The third-order valence-corrected chi connectivity index (χ3v) is 2.84. The van der Waals surface area contributed by atoms with Gasteiger partial charge in [-0.25, -0.2) is 0 Å². The van der Waals surface area contributed by atoms with Crippen LogP contribution in [0.3, 0.4) is 0 Å². The maximum Gasteiger partial charge on any atom is 0.227 e. The number of hydrogen-bond donors (Lipinski definition) is 1. The summed E-state index contributed by atoms with van der Waals surface area (Å²) in [4.78, 5) is 0. The van der Waals surface area contributed by atoms with Gasteiger partial charge in [-0.2, -0.15) is 0 Å². The van der Waals surface area contributed by atoms with Gasteiger partial charge >= 0.3 is 0 Å². The van der Waals surface area contributed by atoms with Gasteiger partial charge < -0.3 is 14.9 Å². The average molecular weight is 231 g/mol. The van der Waals surface area contributed by atoms with E-state index in [0.717, 1.165) is 11.3 Å². The fourth-order valence-corrected chi connectivity index (χ4v) is 2.00. The summed E-state index contributed by atoms with van der Waals surface area (Å²) in [6.07, 6.45) is 0.613. The molecule has 2 N–H and O–H groups in total. The van der Waals surface area contributed by atoms with Crippen LogP contribution in [0.15, 0.2) is 28.7 Å². The van der Waals surface area contributed by atoms with E-state index in [2.05, 4.69) is 10.2 Å². The highest BCUT2D eigenvalue weighted by atomic mass is 16.5. The van der Waals surface area contributed by atoms with Crippen molar-refractivity contribution >= 4 is 0 Å². The van der Waals surface area contributed by atoms with Crippen LogP contribution in [0, 0.1) is 0 Å². The molecule has 2 heterocycles. The molecule has 0 spiro atoms. The van der Waals surface area contributed by atoms with Crippen molar-refractivity contribution in [3.63, 3.8) is 0 Å². The molecule has 0 radical (unpaired) electrons. The fourth-order valence-electron chi connectivity index (χ4n) is 2.00. The van der Waals surface area contributed by atoms with Crippen LogP contribution in [0.4, 0.5) is 0 Å². The molecule has 1 unspecified atom stereocenters. The molecular formula is C12H13N3O2. The number of fused-ring (bicyclic) bond motifs is 1. The number of nitrogens with two attached hydrogens (primary N) is 1. The Bertz CT molecular complexity index is 524. The lowest BCUT2D eigenvalue weighted by Gasteiger charge is -2.01. The molecular weight excluding hydrogens is 218 g/mol. The minimum Gasteiger partial charge on any atom is -0.492 e. The number of rotatable bonds is 3. The van der Waals surface area contributed by atoms with Crippen molar-refractivity contribution in [3.05, 3.63) is 41.6 Å². The van der Waals surface area contributed by atoms with E-state index in [9.17, 15) is 0 Å². The fraction of sp³-hybridized carbons (Fsp3) is 0.333. The molecule has 0 saturated carbocycles. The van der Waals surface area contributed by atoms with Gasteiger partial charge in [0.25, 0.3) is 0 Å². The zero-order valence-corrected chi connectivity index (χ0v) is 9.30. The van der Waals surface area contributed by atoms with Gasteiger partial charge in [0, 0.05) is 18.5 Å². The minimum absolute atomic E-state index is 0.0465. The maximum atomic E-state index is 5.58. The molecule has 0 aliphatic carbocycles. The summed E-state index contributed by atoms with van der Waals surface area (Å²) >= 11 is 0. The predicted octanol–water partition coefficient (Wildman–Crippen LogP) is 1.10. The molecule has 0 bridgehead atoms. The Morgan fingerprint density at radius 1 is 1.29 bits per heavy atom. The molecule has 1 aromatic carbocycles. The highest BCUT2D eigenvalue weighted by Gasteiger charge is 2.29. The molecule has 1 atom stereocenters. The van der Waals surface area contributed by atoms with Crippen LogP contribution in [0.1, 0.15) is 23.3 Å². The predicted molar refractivity (Wildman–Crippen MR) is 60.8 cm³/mol. The van der Waals surface area contributed by atoms with Crippen LogP contribution in [0.25, 0.3) is 0 Å². The molecule has 2 aromatic rings. The summed E-state index contributed by atoms with van der Waals surface area (Å²) in [5.74, 6) is 2.14. The van der Waals surface area contributed by atoms with Crippen LogP contribution in [0.5, 0.6) is 5.75 Å². The van der Waals surface area contributed by atoms with E-state index in [-0.39, 0.29) is 5.92 Å². The quantitative estimate of drug-likeness (QED) is 0.856. The van der Waals surface area contributed by atoms with Crippen molar-refractivity contribution in [2.75, 3.05) is 13.2 Å². The van der Waals surface area contributed by atoms with Gasteiger partial charge in [-0.15, -0.1) is 10.2 Å². The highest BCUT2D eigenvalue weighted by molar-refractivity contribution is 5.42. The Labute approximate surface area is 98.6 Å². The van der Waals surface area contributed by atoms with Crippen LogP contribution < -0.4 is 10.5 Å². The zero-order chi connectivity index (χ0) is 11.7. The average Bonchev–Trinajstić information content (AvgIpc) is 2.95. The monoisotopic (exact) mass is 231 g/mol. The molecule has 1 aliphatic heterocycles. The summed E-state index contributed by atoms with van der Waals surface area (Å²) in [6, 6.07) is 7.92. The van der Waals surface area contributed by atoms with Crippen molar-refractivity contribution in [1.82, 2.24) is 10.2 Å². The Morgan fingerprint density at radius 2 is 2.18 bits per heavy atom. The molecule has 3 rings (SSSR count). The normalized spacial score (nSPS) is 17.8. The molecule has 0 saturated heterocycles. The number of nitrogens with zero attached hydrogens (tertiary/aromatic N) is 2. The van der Waals surface area contributed by atoms with Gasteiger partial charge in [0.1, 0.15) is 12.4 Å². The van der Waals surface area contributed by atoms with E-state index < -0.39 is 0 Å². The van der Waals surface area contributed by atoms with E-state index in [0.29, 0.717) is 31.4 Å². The van der Waals surface area contributed by atoms with Gasteiger partial charge in [-0.05, 0) is 6.07 Å². The van der Waals surface area contributed by atoms with Gasteiger partial charge in [0.15, 0.2) is 0 Å². The number of para-hydroxylation sites is 1. The molecule has 0 fully saturated rings. The van der Waals surface area contributed by atoms with Gasteiger partial charge in [0.2, 0.25) is 11.8 Å². The first-order valence-corrected chi connectivity index (χ1v) is 5.62. The van der Waals surface area contributed by atoms with Gasteiger partial charge in [0.05, 0.1) is 5.92 Å². The molecule has 1 aliphatic rings. The van der Waals surface area contributed by atoms with Crippen LogP contribution in [0.2, 0.25) is 0 Å². The summed E-state index contributed by atoms with van der Waals surface area (Å²) < 4.78 is 11.2. The van der Waals surface area contributed by atoms with E-state index in [1.807, 2.05) is 24.3 Å². The molecule has 1 aromatic heterocycles. The lowest BCUT2D eigenvalue weighted by molar-refractivity contribution is 0.321. The Kier molecular flexibility index (Phi) is 2.53. The highest BCUT2D eigenvalue weighted by Crippen LogP contribution is 2.37. The van der Waals surface area contributed by atoms with Crippen molar-refractivity contribution in [2.45, 2.75) is 12.3 Å². The lowest BCUT2D eigenvalue weighted by Crippen LogP contribution is -2.03. The first-order chi connectivity index (χ1) is 8.38. The van der Waals surface area contributed by atoms with Crippen molar-refractivity contribution < 1.29 is 9.15 Å². The van der Waals surface area contributed by atoms with E-state index >= 15 is 0 Å². The number of ether oxygens (including phenoxy) is 1. The molecule has 17 heavy (non-hydrogen) atoms. The van der Waals surface area contributed by atoms with Crippen molar-refractivity contribution in [1.29, 1.82) is 0 Å². The summed E-state index contributed by atoms with van der Waals surface area (Å²) in [5, 5.41) is 8.03. The van der Waals surface area contributed by atoms with Gasteiger partial charge in [-0.1, -0.05) is 18.2 Å². The second-order valence-electron chi connectivity index (χ2n) is 3.97. The minimum atomic E-state index is 0.0465. The summed E-state index contributed by atoms with van der Waals surface area (Å²) in [6.45, 7) is 1.07. The topological polar surface area (TPSA) is 74.2 Å². The standard InChI is InChI=1S/C12H13N3O2/c13-6-5-11-14-15-12(17-11)9-7-16-10-4-2-1-3-8(9)10/h1-4,9H,5-7,13H2. The lowest BCUT2D eigenvalue weighted by atomic mass is 10.0. The third kappa shape index (κ3) is 1.78. The van der Waals surface area contributed by atoms with Crippen LogP contribution in [-0.4, -0.2) is 23.3 Å². The van der Waals surface area contributed by atoms with E-state index in [4.69, 9.17) is 14.9 Å². The molecule has 5 heteroatoms. The Balaban J connectivity index is 1.90. The second kappa shape index (κ2) is 4.18. The molecule has 88 valence electrons. The Morgan fingerprint density at radius 3 is 3.06 bits per heavy atom. The van der Waals surface area contributed by atoms with Gasteiger partial charge in [-0.3, -0.25) is 0 Å².